The minimum absolute atomic E-state index is 0.0150. The Morgan fingerprint density at radius 1 is 1.31 bits per heavy atom. The van der Waals surface area contributed by atoms with E-state index in [1.165, 1.54) is 11.0 Å². The molecule has 208 valence electrons. The van der Waals surface area contributed by atoms with Crippen LogP contribution in [0.3, 0.4) is 0 Å². The monoisotopic (exact) mass is 537 g/mol. The summed E-state index contributed by atoms with van der Waals surface area (Å²) in [6.45, 7) is 11.0. The van der Waals surface area contributed by atoms with E-state index in [2.05, 4.69) is 23.5 Å². The Hall–Kier alpha value is -3.57. The van der Waals surface area contributed by atoms with Gasteiger partial charge in [-0.2, -0.15) is 0 Å². The van der Waals surface area contributed by atoms with Gasteiger partial charge in [0, 0.05) is 6.54 Å². The Morgan fingerprint density at radius 3 is 2.77 bits per heavy atom. The van der Waals surface area contributed by atoms with E-state index in [4.69, 9.17) is 9.47 Å². The molecule has 6 atom stereocenters. The lowest BCUT2D eigenvalue weighted by molar-refractivity contribution is -0.163. The van der Waals surface area contributed by atoms with Gasteiger partial charge in [-0.25, -0.2) is 4.68 Å². The molecule has 2 bridgehead atoms. The highest BCUT2D eigenvalue weighted by atomic mass is 16.6. The number of ether oxygens (including phenoxy) is 2. The van der Waals surface area contributed by atoms with Gasteiger partial charge < -0.3 is 24.4 Å². The number of likely N-dealkylation sites (tertiary alicyclic amines) is 1. The van der Waals surface area contributed by atoms with Crippen LogP contribution in [0, 0.1) is 11.8 Å². The van der Waals surface area contributed by atoms with Crippen LogP contribution in [0.25, 0.3) is 11.0 Å². The van der Waals surface area contributed by atoms with Gasteiger partial charge in [-0.3, -0.25) is 14.4 Å². The highest BCUT2D eigenvalue weighted by Crippen LogP contribution is 2.64. The summed E-state index contributed by atoms with van der Waals surface area (Å²) in [4.78, 5) is 44.9. The zero-order valence-electron chi connectivity index (χ0n) is 22.4. The van der Waals surface area contributed by atoms with Crippen molar-refractivity contribution in [3.8, 4) is 0 Å². The lowest BCUT2D eigenvalue weighted by atomic mass is 9.65. The number of aromatic nitrogens is 3. The number of aliphatic hydroxyl groups is 1. The Bertz CT molecular complexity index is 1310. The Labute approximate surface area is 227 Å². The van der Waals surface area contributed by atoms with Crippen molar-refractivity contribution < 1.29 is 29.0 Å². The number of para-hydroxylation sites is 1. The van der Waals surface area contributed by atoms with Crippen LogP contribution < -0.4 is 0 Å². The number of esters is 1. The SMILES string of the molecule is C=CCOC(=O)[C@@H]1[C@H]2C(=O)N([C@H](C)CO)C(C(=O)N(CC=C)Cn3nnc4ccccc43)C23CC[C@@]1(CC)O3. The number of rotatable bonds is 11. The van der Waals surface area contributed by atoms with Gasteiger partial charge in [0.2, 0.25) is 11.8 Å². The van der Waals surface area contributed by atoms with Crippen LogP contribution in [0.4, 0.5) is 0 Å². The molecule has 2 amide bonds. The quantitative estimate of drug-likeness (QED) is 0.339. The van der Waals surface area contributed by atoms with Gasteiger partial charge in [-0.1, -0.05) is 43.0 Å². The van der Waals surface area contributed by atoms with Crippen LogP contribution in [0.2, 0.25) is 0 Å². The predicted octanol–water partition coefficient (Wildman–Crippen LogP) is 1.67. The summed E-state index contributed by atoms with van der Waals surface area (Å²) in [6.07, 6.45) is 4.52. The summed E-state index contributed by atoms with van der Waals surface area (Å²) in [7, 11) is 0. The lowest BCUT2D eigenvalue weighted by Gasteiger charge is -2.38. The number of hydrogen-bond acceptors (Lipinski definition) is 8. The fourth-order valence-electron chi connectivity index (χ4n) is 6.82. The molecule has 2 unspecified atom stereocenters. The van der Waals surface area contributed by atoms with E-state index >= 15 is 0 Å². The Balaban J connectivity index is 1.56. The molecule has 2 aromatic rings. The number of hydrogen-bond donors (Lipinski definition) is 1. The highest BCUT2D eigenvalue weighted by Gasteiger charge is 2.79. The van der Waals surface area contributed by atoms with Crippen LogP contribution >= 0.6 is 0 Å². The molecule has 0 aliphatic carbocycles. The fourth-order valence-corrected chi connectivity index (χ4v) is 6.82. The molecule has 3 aliphatic heterocycles. The van der Waals surface area contributed by atoms with Crippen molar-refractivity contribution in [3.63, 3.8) is 0 Å². The van der Waals surface area contributed by atoms with Gasteiger partial charge in [-0.05, 0) is 38.3 Å². The zero-order chi connectivity index (χ0) is 27.9. The van der Waals surface area contributed by atoms with Crippen molar-refractivity contribution >= 4 is 28.8 Å². The molecule has 3 fully saturated rings. The van der Waals surface area contributed by atoms with Gasteiger partial charge in [0.1, 0.15) is 36.4 Å². The summed E-state index contributed by atoms with van der Waals surface area (Å²) in [6, 6.07) is 5.72. The van der Waals surface area contributed by atoms with Crippen LogP contribution in [0.15, 0.2) is 49.6 Å². The molecule has 11 heteroatoms. The van der Waals surface area contributed by atoms with Gasteiger partial charge >= 0.3 is 5.97 Å². The number of carbonyl (C=O) groups is 3. The van der Waals surface area contributed by atoms with Gasteiger partial charge in [0.25, 0.3) is 0 Å². The van der Waals surface area contributed by atoms with E-state index in [9.17, 15) is 19.5 Å². The topological polar surface area (TPSA) is 127 Å². The molecule has 0 saturated carbocycles. The molecule has 3 aliphatic rings. The van der Waals surface area contributed by atoms with E-state index in [-0.39, 0.29) is 38.2 Å². The normalized spacial score (nSPS) is 29.9. The van der Waals surface area contributed by atoms with Crippen LogP contribution in [0.1, 0.15) is 33.1 Å². The molecule has 1 aromatic carbocycles. The van der Waals surface area contributed by atoms with Crippen molar-refractivity contribution in [3.05, 3.63) is 49.6 Å². The molecule has 4 heterocycles. The molecule has 1 aromatic heterocycles. The first-order chi connectivity index (χ1) is 18.8. The minimum atomic E-state index is -1.23. The van der Waals surface area contributed by atoms with Gasteiger partial charge in [0.05, 0.1) is 29.7 Å². The summed E-state index contributed by atoms with van der Waals surface area (Å²) < 4.78 is 13.8. The largest absolute Gasteiger partial charge is 0.461 e. The lowest BCUT2D eigenvalue weighted by Crippen LogP contribution is -2.58. The summed E-state index contributed by atoms with van der Waals surface area (Å²) in [5.74, 6) is -3.03. The zero-order valence-corrected chi connectivity index (χ0v) is 22.4. The molecule has 39 heavy (non-hydrogen) atoms. The molecule has 1 N–H and O–H groups in total. The third-order valence-corrected chi connectivity index (χ3v) is 8.58. The second-order valence-corrected chi connectivity index (χ2v) is 10.6. The van der Waals surface area contributed by atoms with E-state index in [0.29, 0.717) is 24.8 Å². The average Bonchev–Trinajstić information content (AvgIpc) is 3.67. The maximum absolute atomic E-state index is 14.5. The van der Waals surface area contributed by atoms with Crippen molar-refractivity contribution in [1.29, 1.82) is 0 Å². The van der Waals surface area contributed by atoms with Crippen LogP contribution in [-0.2, 0) is 30.5 Å². The van der Waals surface area contributed by atoms with E-state index in [1.807, 2.05) is 31.2 Å². The van der Waals surface area contributed by atoms with E-state index < -0.39 is 41.1 Å². The average molecular weight is 538 g/mol. The highest BCUT2D eigenvalue weighted by molar-refractivity contribution is 5.98. The van der Waals surface area contributed by atoms with Crippen molar-refractivity contribution in [2.75, 3.05) is 19.8 Å². The van der Waals surface area contributed by atoms with Crippen molar-refractivity contribution in [2.45, 2.75) is 63.1 Å². The first-order valence-corrected chi connectivity index (χ1v) is 13.4. The minimum Gasteiger partial charge on any atom is -0.461 e. The molecule has 5 rings (SSSR count). The van der Waals surface area contributed by atoms with Crippen molar-refractivity contribution in [1.82, 2.24) is 24.8 Å². The first kappa shape index (κ1) is 27.0. The predicted molar refractivity (Wildman–Crippen MR) is 141 cm³/mol. The maximum Gasteiger partial charge on any atom is 0.313 e. The third kappa shape index (κ3) is 3.98. The summed E-state index contributed by atoms with van der Waals surface area (Å²) in [5.41, 5.74) is -0.685. The van der Waals surface area contributed by atoms with Crippen LogP contribution in [0.5, 0.6) is 0 Å². The number of aliphatic hydroxyl groups excluding tert-OH is 1. The second kappa shape index (κ2) is 10.2. The Morgan fingerprint density at radius 2 is 2.08 bits per heavy atom. The van der Waals surface area contributed by atoms with Crippen molar-refractivity contribution in [2.24, 2.45) is 11.8 Å². The van der Waals surface area contributed by atoms with Gasteiger partial charge in [-0.15, -0.1) is 11.7 Å². The molecule has 3 saturated heterocycles. The fraction of sp³-hybridized carbons (Fsp3) is 0.536. The van der Waals surface area contributed by atoms with Gasteiger partial charge in [0.15, 0.2) is 0 Å². The third-order valence-electron chi connectivity index (χ3n) is 8.58. The number of benzene rings is 1. The Kier molecular flexibility index (Phi) is 7.06. The second-order valence-electron chi connectivity index (χ2n) is 10.6. The number of nitrogens with zero attached hydrogens (tertiary/aromatic N) is 5. The molecular weight excluding hydrogens is 502 g/mol. The molecule has 1 spiro atoms. The first-order valence-electron chi connectivity index (χ1n) is 13.4. The van der Waals surface area contributed by atoms with E-state index in [1.54, 1.807) is 22.6 Å². The number of amides is 2. The smallest absolute Gasteiger partial charge is 0.313 e. The summed E-state index contributed by atoms with van der Waals surface area (Å²) >= 11 is 0. The molecule has 0 radical (unpaired) electrons. The number of fused-ring (bicyclic) bond motifs is 2. The standard InChI is InChI=1S/C28H35N5O6/c1-5-14-31(17-32-20-11-9-8-10-19(20)29-30-32)25(36)23-28-13-12-27(7-3,39-28)22(26(37)38-15-6-2)21(28)24(35)33(23)18(4)16-34/h5-6,8-11,18,21-23,34H,1-2,7,12-17H2,3-4H3/t18-,21+,22+,23?,27-,28?/m1/s1. The van der Waals surface area contributed by atoms with E-state index in [0.717, 1.165) is 5.52 Å². The molecular formula is C28H35N5O6. The summed E-state index contributed by atoms with van der Waals surface area (Å²) in [5, 5.41) is 18.5. The molecule has 11 nitrogen and oxygen atoms in total. The van der Waals surface area contributed by atoms with Crippen LogP contribution in [-0.4, -0.2) is 90.7 Å². The number of carbonyl (C=O) groups excluding carboxylic acids is 3. The maximum atomic E-state index is 14.5.